The maximum atomic E-state index is 13.3. The molecule has 6 heteroatoms. The Morgan fingerprint density at radius 3 is 2.46 bits per heavy atom. The number of hydrogen-bond acceptors (Lipinski definition) is 4. The first-order valence-corrected chi connectivity index (χ1v) is 12.2. The third-order valence-electron chi connectivity index (χ3n) is 6.84. The molecule has 0 bridgehead atoms. The van der Waals surface area contributed by atoms with Gasteiger partial charge in [-0.25, -0.2) is 0 Å². The van der Waals surface area contributed by atoms with Crippen LogP contribution in [0, 0.1) is 6.92 Å². The van der Waals surface area contributed by atoms with Crippen LogP contribution in [-0.2, 0) is 21.5 Å². The van der Waals surface area contributed by atoms with Gasteiger partial charge in [0.1, 0.15) is 0 Å². The molecule has 0 spiro atoms. The lowest BCUT2D eigenvalue weighted by molar-refractivity contribution is -0.121. The van der Waals surface area contributed by atoms with Crippen molar-refractivity contribution < 1.29 is 19.1 Å². The van der Waals surface area contributed by atoms with E-state index in [0.717, 1.165) is 58.5 Å². The zero-order valence-corrected chi connectivity index (χ0v) is 20.1. The molecular weight excluding hydrogens is 440 g/mol. The molecule has 2 aliphatic rings. The van der Waals surface area contributed by atoms with Gasteiger partial charge >= 0.3 is 0 Å². The zero-order chi connectivity index (χ0) is 24.4. The molecule has 2 N–H and O–H groups in total. The van der Waals surface area contributed by atoms with Crippen molar-refractivity contribution in [2.24, 2.45) is 0 Å². The molecule has 1 heterocycles. The smallest absolute Gasteiger partial charge is 0.235 e. The minimum atomic E-state index is -0.518. The number of ether oxygens (including phenoxy) is 2. The number of anilines is 1. The summed E-state index contributed by atoms with van der Waals surface area (Å²) in [6.07, 6.45) is 3.02. The van der Waals surface area contributed by atoms with Gasteiger partial charge in [-0.15, -0.1) is 0 Å². The van der Waals surface area contributed by atoms with Crippen LogP contribution >= 0.6 is 0 Å². The Kier molecular flexibility index (Phi) is 6.20. The van der Waals surface area contributed by atoms with Gasteiger partial charge in [0.05, 0.1) is 5.41 Å². The Balaban J connectivity index is 1.30. The molecule has 1 fully saturated rings. The Morgan fingerprint density at radius 1 is 0.943 bits per heavy atom. The van der Waals surface area contributed by atoms with Crippen LogP contribution in [0.4, 0.5) is 5.69 Å². The van der Waals surface area contributed by atoms with Crippen LogP contribution in [0.1, 0.15) is 49.3 Å². The molecule has 0 aromatic heterocycles. The number of nitrogens with one attached hydrogen (secondary N) is 2. The quantitative estimate of drug-likeness (QED) is 0.457. The first-order valence-electron chi connectivity index (χ1n) is 12.2. The number of carbonyl (C=O) groups is 2. The SMILES string of the molecule is CCCC(=O)NCc1ccc(-c2cc(NC(=O)C3(c4ccc5c(c4)OCO5)CC3)ccc2C)cc1. The van der Waals surface area contributed by atoms with Crippen molar-refractivity contribution in [3.05, 3.63) is 77.4 Å². The standard InChI is InChI=1S/C29H30N2O4/c1-3-4-27(32)30-17-20-6-8-21(9-7-20)24-16-23(11-5-19(24)2)31-28(33)29(13-14-29)22-10-12-25-26(15-22)35-18-34-25/h5-12,15-16H,3-4,13-14,17-18H2,1-2H3,(H,30,32)(H,31,33). The minimum Gasteiger partial charge on any atom is -0.454 e. The molecule has 0 atom stereocenters. The lowest BCUT2D eigenvalue weighted by atomic mass is 9.94. The third kappa shape index (κ3) is 4.74. The van der Waals surface area contributed by atoms with E-state index in [1.165, 1.54) is 0 Å². The fourth-order valence-electron chi connectivity index (χ4n) is 4.55. The largest absolute Gasteiger partial charge is 0.454 e. The van der Waals surface area contributed by atoms with Gasteiger partial charge in [-0.1, -0.05) is 43.3 Å². The fraction of sp³-hybridized carbons (Fsp3) is 0.310. The monoisotopic (exact) mass is 470 g/mol. The Labute approximate surface area is 205 Å². The van der Waals surface area contributed by atoms with Crippen LogP contribution in [0.15, 0.2) is 60.7 Å². The molecule has 3 aromatic rings. The lowest BCUT2D eigenvalue weighted by Crippen LogP contribution is -2.27. The number of benzene rings is 3. The van der Waals surface area contributed by atoms with Crippen molar-refractivity contribution in [1.82, 2.24) is 5.32 Å². The highest BCUT2D eigenvalue weighted by Crippen LogP contribution is 2.51. The Morgan fingerprint density at radius 2 is 1.71 bits per heavy atom. The van der Waals surface area contributed by atoms with Gasteiger partial charge in [0, 0.05) is 18.7 Å². The van der Waals surface area contributed by atoms with Crippen LogP contribution in [-0.4, -0.2) is 18.6 Å². The van der Waals surface area contributed by atoms with Crippen molar-refractivity contribution in [2.45, 2.75) is 51.5 Å². The molecule has 0 radical (unpaired) electrons. The van der Waals surface area contributed by atoms with Crippen molar-refractivity contribution in [2.75, 3.05) is 12.1 Å². The molecule has 2 amide bonds. The summed E-state index contributed by atoms with van der Waals surface area (Å²) in [7, 11) is 0. The molecule has 180 valence electrons. The van der Waals surface area contributed by atoms with E-state index < -0.39 is 5.41 Å². The van der Waals surface area contributed by atoms with E-state index >= 15 is 0 Å². The number of rotatable bonds is 8. The van der Waals surface area contributed by atoms with Crippen molar-refractivity contribution in [3.8, 4) is 22.6 Å². The lowest BCUT2D eigenvalue weighted by Gasteiger charge is -2.17. The number of aryl methyl sites for hydroxylation is 1. The van der Waals surface area contributed by atoms with Crippen molar-refractivity contribution in [3.63, 3.8) is 0 Å². The van der Waals surface area contributed by atoms with E-state index in [-0.39, 0.29) is 18.6 Å². The van der Waals surface area contributed by atoms with Crippen molar-refractivity contribution >= 4 is 17.5 Å². The molecule has 1 aliphatic carbocycles. The van der Waals surface area contributed by atoms with E-state index in [4.69, 9.17) is 9.47 Å². The van der Waals surface area contributed by atoms with E-state index in [1.54, 1.807) is 0 Å². The highest BCUT2D eigenvalue weighted by atomic mass is 16.7. The molecule has 0 unspecified atom stereocenters. The normalized spacial score (nSPS) is 14.9. The van der Waals surface area contributed by atoms with Crippen LogP contribution in [0.3, 0.4) is 0 Å². The van der Waals surface area contributed by atoms with Gasteiger partial charge in [-0.05, 0) is 78.3 Å². The van der Waals surface area contributed by atoms with E-state index in [1.807, 2.05) is 55.5 Å². The van der Waals surface area contributed by atoms with Crippen LogP contribution < -0.4 is 20.1 Å². The highest BCUT2D eigenvalue weighted by Gasteiger charge is 2.51. The van der Waals surface area contributed by atoms with Gasteiger partial charge in [-0.3, -0.25) is 9.59 Å². The summed E-state index contributed by atoms with van der Waals surface area (Å²) in [5.41, 5.74) is 5.54. The summed E-state index contributed by atoms with van der Waals surface area (Å²) in [5, 5.41) is 6.09. The average Bonchev–Trinajstić information content (AvgIpc) is 3.55. The molecule has 1 saturated carbocycles. The second-order valence-electron chi connectivity index (χ2n) is 9.36. The van der Waals surface area contributed by atoms with E-state index in [0.29, 0.717) is 18.7 Å². The van der Waals surface area contributed by atoms with E-state index in [9.17, 15) is 9.59 Å². The maximum absolute atomic E-state index is 13.3. The van der Waals surface area contributed by atoms with Gasteiger partial charge < -0.3 is 20.1 Å². The van der Waals surface area contributed by atoms with Gasteiger partial charge in [0.2, 0.25) is 18.6 Å². The zero-order valence-electron chi connectivity index (χ0n) is 20.1. The number of carbonyl (C=O) groups excluding carboxylic acids is 2. The molecule has 0 saturated heterocycles. The second-order valence-corrected chi connectivity index (χ2v) is 9.36. The molecule has 3 aromatic carbocycles. The van der Waals surface area contributed by atoms with Gasteiger partial charge in [0.25, 0.3) is 0 Å². The first kappa shape index (κ1) is 23.0. The number of fused-ring (bicyclic) bond motifs is 1. The average molecular weight is 471 g/mol. The highest BCUT2D eigenvalue weighted by molar-refractivity contribution is 6.02. The minimum absolute atomic E-state index is 0.00402. The maximum Gasteiger partial charge on any atom is 0.235 e. The van der Waals surface area contributed by atoms with Crippen LogP contribution in [0.5, 0.6) is 11.5 Å². The number of amides is 2. The summed E-state index contributed by atoms with van der Waals surface area (Å²) >= 11 is 0. The topological polar surface area (TPSA) is 76.7 Å². The molecular formula is C29H30N2O4. The summed E-state index contributed by atoms with van der Waals surface area (Å²) in [5.74, 6) is 1.50. The summed E-state index contributed by atoms with van der Waals surface area (Å²) < 4.78 is 10.9. The Bertz CT molecular complexity index is 1260. The van der Waals surface area contributed by atoms with Gasteiger partial charge in [-0.2, -0.15) is 0 Å². The predicted molar refractivity (Wildman–Crippen MR) is 135 cm³/mol. The number of hydrogen-bond donors (Lipinski definition) is 2. The molecule has 35 heavy (non-hydrogen) atoms. The molecule has 5 rings (SSSR count). The summed E-state index contributed by atoms with van der Waals surface area (Å²) in [6.45, 7) is 4.80. The third-order valence-corrected chi connectivity index (χ3v) is 6.84. The molecule has 6 nitrogen and oxygen atoms in total. The van der Waals surface area contributed by atoms with Crippen LogP contribution in [0.25, 0.3) is 11.1 Å². The summed E-state index contributed by atoms with van der Waals surface area (Å²) in [4.78, 5) is 25.1. The fourth-order valence-corrected chi connectivity index (χ4v) is 4.55. The van der Waals surface area contributed by atoms with Gasteiger partial charge in [0.15, 0.2) is 11.5 Å². The van der Waals surface area contributed by atoms with E-state index in [2.05, 4.69) is 29.7 Å². The molecule has 1 aliphatic heterocycles. The second kappa shape index (κ2) is 9.45. The first-order chi connectivity index (χ1) is 17.0. The van der Waals surface area contributed by atoms with Crippen LogP contribution in [0.2, 0.25) is 0 Å². The van der Waals surface area contributed by atoms with Crippen molar-refractivity contribution in [1.29, 1.82) is 0 Å². The summed E-state index contributed by atoms with van der Waals surface area (Å²) in [6, 6.07) is 20.0. The predicted octanol–water partition coefficient (Wildman–Crippen LogP) is 5.48. The Hall–Kier alpha value is -3.80.